The SMILES string of the molecule is CCNCC(C)=C(C)C. The Bertz CT molecular complexity index is 99.1. The van der Waals surface area contributed by atoms with Crippen molar-refractivity contribution in [3.8, 4) is 0 Å². The van der Waals surface area contributed by atoms with Gasteiger partial charge in [-0.2, -0.15) is 0 Å². The summed E-state index contributed by atoms with van der Waals surface area (Å²) in [5, 5.41) is 3.27. The lowest BCUT2D eigenvalue weighted by molar-refractivity contribution is 0.770. The van der Waals surface area contributed by atoms with Crippen LogP contribution in [0.25, 0.3) is 0 Å². The molecule has 0 radical (unpaired) electrons. The maximum absolute atomic E-state index is 3.27. The fraction of sp³-hybridized carbons (Fsp3) is 0.750. The van der Waals surface area contributed by atoms with Crippen molar-refractivity contribution in [3.63, 3.8) is 0 Å². The van der Waals surface area contributed by atoms with Crippen molar-refractivity contribution in [2.24, 2.45) is 0 Å². The lowest BCUT2D eigenvalue weighted by atomic mass is 10.2. The molecule has 1 nitrogen and oxygen atoms in total. The molecule has 0 saturated carbocycles. The third kappa shape index (κ3) is 4.22. The summed E-state index contributed by atoms with van der Waals surface area (Å²) in [6, 6.07) is 0. The highest BCUT2D eigenvalue weighted by molar-refractivity contribution is 5.07. The van der Waals surface area contributed by atoms with Gasteiger partial charge < -0.3 is 5.32 Å². The van der Waals surface area contributed by atoms with Gasteiger partial charge in [-0.25, -0.2) is 0 Å². The zero-order valence-electron chi connectivity index (χ0n) is 6.91. The van der Waals surface area contributed by atoms with Crippen molar-refractivity contribution in [1.29, 1.82) is 0 Å². The minimum atomic E-state index is 1.04. The van der Waals surface area contributed by atoms with Crippen molar-refractivity contribution in [2.45, 2.75) is 27.7 Å². The number of likely N-dealkylation sites (N-methyl/N-ethyl adjacent to an activating group) is 1. The van der Waals surface area contributed by atoms with Gasteiger partial charge in [0.25, 0.3) is 0 Å². The van der Waals surface area contributed by atoms with E-state index in [1.807, 2.05) is 0 Å². The lowest BCUT2D eigenvalue weighted by Crippen LogP contribution is -2.15. The molecule has 0 amide bonds. The smallest absolute Gasteiger partial charge is 0.0164 e. The van der Waals surface area contributed by atoms with Crippen LogP contribution >= 0.6 is 0 Å². The normalized spacial score (nSPS) is 9.33. The first-order valence-electron chi connectivity index (χ1n) is 3.52. The first-order chi connectivity index (χ1) is 4.18. The highest BCUT2D eigenvalue weighted by Crippen LogP contribution is 1.98. The number of hydrogen-bond donors (Lipinski definition) is 1. The highest BCUT2D eigenvalue weighted by Gasteiger charge is 1.88. The summed E-state index contributed by atoms with van der Waals surface area (Å²) < 4.78 is 0. The summed E-state index contributed by atoms with van der Waals surface area (Å²) in [7, 11) is 0. The number of nitrogens with one attached hydrogen (secondary N) is 1. The van der Waals surface area contributed by atoms with Crippen LogP contribution in [-0.2, 0) is 0 Å². The quantitative estimate of drug-likeness (QED) is 0.571. The fourth-order valence-electron chi connectivity index (χ4n) is 0.489. The van der Waals surface area contributed by atoms with Crippen LogP contribution in [0, 0.1) is 0 Å². The summed E-state index contributed by atoms with van der Waals surface area (Å²) in [6.45, 7) is 10.7. The van der Waals surface area contributed by atoms with E-state index in [1.165, 1.54) is 11.1 Å². The Morgan fingerprint density at radius 2 is 1.78 bits per heavy atom. The van der Waals surface area contributed by atoms with E-state index >= 15 is 0 Å². The topological polar surface area (TPSA) is 12.0 Å². The Hall–Kier alpha value is -0.300. The Balaban J connectivity index is 3.50. The van der Waals surface area contributed by atoms with Crippen LogP contribution in [0.3, 0.4) is 0 Å². The predicted molar refractivity (Wildman–Crippen MR) is 42.6 cm³/mol. The molecular formula is C8H17N. The Kier molecular flexibility index (Phi) is 4.41. The van der Waals surface area contributed by atoms with Crippen molar-refractivity contribution in [1.82, 2.24) is 5.32 Å². The monoisotopic (exact) mass is 127 g/mol. The minimum Gasteiger partial charge on any atom is -0.313 e. The van der Waals surface area contributed by atoms with E-state index < -0.39 is 0 Å². The predicted octanol–water partition coefficient (Wildman–Crippen LogP) is 1.95. The molecule has 0 heterocycles. The van der Waals surface area contributed by atoms with Crippen LogP contribution in [0.5, 0.6) is 0 Å². The van der Waals surface area contributed by atoms with E-state index in [4.69, 9.17) is 0 Å². The van der Waals surface area contributed by atoms with Crippen LogP contribution in [0.2, 0.25) is 0 Å². The molecule has 54 valence electrons. The Labute approximate surface area is 58.2 Å². The van der Waals surface area contributed by atoms with Gasteiger partial charge in [0.05, 0.1) is 0 Å². The van der Waals surface area contributed by atoms with E-state index in [2.05, 4.69) is 33.0 Å². The first kappa shape index (κ1) is 8.70. The van der Waals surface area contributed by atoms with E-state index in [9.17, 15) is 0 Å². The maximum atomic E-state index is 3.27. The molecule has 0 aromatic heterocycles. The molecule has 0 spiro atoms. The second-order valence-electron chi connectivity index (χ2n) is 2.56. The van der Waals surface area contributed by atoms with Crippen LogP contribution in [0.15, 0.2) is 11.1 Å². The van der Waals surface area contributed by atoms with Gasteiger partial charge in [-0.15, -0.1) is 0 Å². The molecule has 1 N–H and O–H groups in total. The molecule has 0 fully saturated rings. The third-order valence-corrected chi connectivity index (χ3v) is 1.49. The van der Waals surface area contributed by atoms with Crippen molar-refractivity contribution >= 4 is 0 Å². The lowest BCUT2D eigenvalue weighted by Gasteiger charge is -2.02. The third-order valence-electron chi connectivity index (χ3n) is 1.49. The van der Waals surface area contributed by atoms with E-state index in [0.29, 0.717) is 0 Å². The van der Waals surface area contributed by atoms with Crippen molar-refractivity contribution < 1.29 is 0 Å². The Morgan fingerprint density at radius 1 is 1.22 bits per heavy atom. The maximum Gasteiger partial charge on any atom is 0.0164 e. The molecule has 0 rings (SSSR count). The average molecular weight is 127 g/mol. The molecule has 0 bridgehead atoms. The average Bonchev–Trinajstić information content (AvgIpc) is 1.82. The van der Waals surface area contributed by atoms with Gasteiger partial charge in [0.2, 0.25) is 0 Å². The summed E-state index contributed by atoms with van der Waals surface area (Å²) in [4.78, 5) is 0. The van der Waals surface area contributed by atoms with E-state index in [-0.39, 0.29) is 0 Å². The molecule has 0 saturated heterocycles. The molecule has 9 heavy (non-hydrogen) atoms. The molecule has 1 heteroatoms. The molecule has 0 aliphatic heterocycles. The van der Waals surface area contributed by atoms with Gasteiger partial charge in [-0.1, -0.05) is 18.1 Å². The summed E-state index contributed by atoms with van der Waals surface area (Å²) in [5.41, 5.74) is 2.88. The number of hydrogen-bond acceptors (Lipinski definition) is 1. The summed E-state index contributed by atoms with van der Waals surface area (Å²) in [6.07, 6.45) is 0. The molecule has 0 aliphatic carbocycles. The number of allylic oxidation sites excluding steroid dienone is 1. The Morgan fingerprint density at radius 3 is 2.11 bits per heavy atom. The van der Waals surface area contributed by atoms with E-state index in [1.54, 1.807) is 0 Å². The van der Waals surface area contributed by atoms with Crippen LogP contribution in [0.1, 0.15) is 27.7 Å². The van der Waals surface area contributed by atoms with Gasteiger partial charge in [-0.3, -0.25) is 0 Å². The summed E-state index contributed by atoms with van der Waals surface area (Å²) in [5.74, 6) is 0. The van der Waals surface area contributed by atoms with Crippen LogP contribution in [-0.4, -0.2) is 13.1 Å². The zero-order valence-corrected chi connectivity index (χ0v) is 6.91. The minimum absolute atomic E-state index is 1.04. The largest absolute Gasteiger partial charge is 0.313 e. The standard InChI is InChI=1S/C8H17N/c1-5-9-6-8(4)7(2)3/h9H,5-6H2,1-4H3. The van der Waals surface area contributed by atoms with E-state index in [0.717, 1.165) is 13.1 Å². The van der Waals surface area contributed by atoms with Gasteiger partial charge in [0, 0.05) is 6.54 Å². The van der Waals surface area contributed by atoms with Crippen molar-refractivity contribution in [2.75, 3.05) is 13.1 Å². The highest BCUT2D eigenvalue weighted by atomic mass is 14.8. The molecule has 0 aromatic carbocycles. The van der Waals surface area contributed by atoms with Crippen LogP contribution < -0.4 is 5.32 Å². The molecule has 0 aromatic rings. The van der Waals surface area contributed by atoms with Gasteiger partial charge in [0.15, 0.2) is 0 Å². The number of rotatable bonds is 3. The molecule has 0 aliphatic rings. The fourth-order valence-corrected chi connectivity index (χ4v) is 0.489. The molecule has 0 atom stereocenters. The van der Waals surface area contributed by atoms with Gasteiger partial charge >= 0.3 is 0 Å². The second kappa shape index (κ2) is 4.57. The van der Waals surface area contributed by atoms with Crippen LogP contribution in [0.4, 0.5) is 0 Å². The van der Waals surface area contributed by atoms with Gasteiger partial charge in [0.1, 0.15) is 0 Å². The van der Waals surface area contributed by atoms with Gasteiger partial charge in [-0.05, 0) is 27.3 Å². The molecule has 0 unspecified atom stereocenters. The first-order valence-corrected chi connectivity index (χ1v) is 3.52. The zero-order chi connectivity index (χ0) is 7.28. The van der Waals surface area contributed by atoms with Crippen molar-refractivity contribution in [3.05, 3.63) is 11.1 Å². The second-order valence-corrected chi connectivity index (χ2v) is 2.56. The summed E-state index contributed by atoms with van der Waals surface area (Å²) >= 11 is 0. The molecular weight excluding hydrogens is 110 g/mol.